The van der Waals surface area contributed by atoms with Gasteiger partial charge in [-0.1, -0.05) is 20.8 Å². The van der Waals surface area contributed by atoms with E-state index >= 15 is 0 Å². The second-order valence-corrected chi connectivity index (χ2v) is 5.15. The summed E-state index contributed by atoms with van der Waals surface area (Å²) < 4.78 is 5.49. The molecule has 0 bridgehead atoms. The summed E-state index contributed by atoms with van der Waals surface area (Å²) in [5.41, 5.74) is 3.30. The van der Waals surface area contributed by atoms with Crippen LogP contribution in [0.25, 0.3) is 11.0 Å². The first-order chi connectivity index (χ1) is 7.45. The predicted molar refractivity (Wildman–Crippen MR) is 66.1 cm³/mol. The fourth-order valence-electron chi connectivity index (χ4n) is 2.02. The minimum Gasteiger partial charge on any atom is -0.496 e. The monoisotopic (exact) mass is 218 g/mol. The summed E-state index contributed by atoms with van der Waals surface area (Å²) in [4.78, 5) is 7.59. The van der Waals surface area contributed by atoms with E-state index in [1.807, 2.05) is 19.3 Å². The number of ether oxygens (including phenoxy) is 1. The topological polar surface area (TPSA) is 37.9 Å². The highest BCUT2D eigenvalue weighted by atomic mass is 16.5. The van der Waals surface area contributed by atoms with Gasteiger partial charge < -0.3 is 9.72 Å². The summed E-state index contributed by atoms with van der Waals surface area (Å²) in [5.74, 6) is 0.927. The van der Waals surface area contributed by atoms with Gasteiger partial charge in [-0.15, -0.1) is 0 Å². The van der Waals surface area contributed by atoms with Crippen molar-refractivity contribution in [2.24, 2.45) is 0 Å². The van der Waals surface area contributed by atoms with Crippen molar-refractivity contribution in [3.8, 4) is 5.75 Å². The van der Waals surface area contributed by atoms with E-state index in [0.717, 1.165) is 22.3 Å². The number of hydrogen-bond donors (Lipinski definition) is 1. The van der Waals surface area contributed by atoms with Crippen LogP contribution in [0.15, 0.2) is 12.4 Å². The number of hydrogen-bond acceptors (Lipinski definition) is 2. The number of aromatic amines is 1. The highest BCUT2D eigenvalue weighted by Gasteiger charge is 2.22. The number of aromatic nitrogens is 2. The first-order valence-electron chi connectivity index (χ1n) is 5.46. The number of methoxy groups -OCH3 is 1. The molecule has 16 heavy (non-hydrogen) atoms. The van der Waals surface area contributed by atoms with Gasteiger partial charge in [-0.2, -0.15) is 0 Å². The van der Waals surface area contributed by atoms with Crippen molar-refractivity contribution in [1.82, 2.24) is 9.97 Å². The van der Waals surface area contributed by atoms with Crippen LogP contribution in [0, 0.1) is 6.92 Å². The minimum atomic E-state index is 0.0843. The zero-order valence-corrected chi connectivity index (χ0v) is 10.5. The van der Waals surface area contributed by atoms with Crippen LogP contribution in [0.3, 0.4) is 0 Å². The van der Waals surface area contributed by atoms with E-state index in [9.17, 15) is 0 Å². The largest absolute Gasteiger partial charge is 0.496 e. The van der Waals surface area contributed by atoms with Crippen LogP contribution in [0.5, 0.6) is 5.75 Å². The molecule has 0 aliphatic rings. The van der Waals surface area contributed by atoms with E-state index in [1.54, 1.807) is 7.11 Å². The Morgan fingerprint density at radius 2 is 2.00 bits per heavy atom. The molecule has 0 aromatic carbocycles. The van der Waals surface area contributed by atoms with Gasteiger partial charge in [-0.05, 0) is 17.9 Å². The van der Waals surface area contributed by atoms with E-state index in [1.165, 1.54) is 5.56 Å². The second kappa shape index (κ2) is 3.51. The second-order valence-electron chi connectivity index (χ2n) is 5.15. The van der Waals surface area contributed by atoms with Crippen molar-refractivity contribution >= 4 is 11.0 Å². The van der Waals surface area contributed by atoms with Gasteiger partial charge in [0.2, 0.25) is 0 Å². The van der Waals surface area contributed by atoms with Crippen molar-refractivity contribution in [3.63, 3.8) is 0 Å². The van der Waals surface area contributed by atoms with E-state index in [4.69, 9.17) is 4.74 Å². The van der Waals surface area contributed by atoms with Crippen LogP contribution in [-0.4, -0.2) is 17.1 Å². The standard InChI is InChI=1S/C13H18N2O/c1-8-6-14-12-10(11(8)16-5)9(7-15-12)13(2,3)4/h6-7H,1-5H3,(H,14,15). The van der Waals surface area contributed by atoms with Crippen molar-refractivity contribution in [1.29, 1.82) is 0 Å². The normalized spacial score (nSPS) is 12.1. The van der Waals surface area contributed by atoms with Gasteiger partial charge in [0.15, 0.2) is 0 Å². The van der Waals surface area contributed by atoms with Crippen LogP contribution in [-0.2, 0) is 5.41 Å². The number of pyridine rings is 1. The Morgan fingerprint density at radius 3 is 2.56 bits per heavy atom. The Morgan fingerprint density at radius 1 is 1.31 bits per heavy atom. The SMILES string of the molecule is COc1c(C)cnc2[nH]cc(C(C)(C)C)c12. The number of nitrogens with one attached hydrogen (secondary N) is 1. The zero-order chi connectivity index (χ0) is 11.9. The molecule has 3 nitrogen and oxygen atoms in total. The molecule has 86 valence electrons. The molecule has 2 heterocycles. The molecule has 0 aliphatic carbocycles. The van der Waals surface area contributed by atoms with Crippen molar-refractivity contribution in [2.45, 2.75) is 33.1 Å². The van der Waals surface area contributed by atoms with Crippen LogP contribution in [0.2, 0.25) is 0 Å². The quantitative estimate of drug-likeness (QED) is 0.798. The van der Waals surface area contributed by atoms with Crippen molar-refractivity contribution in [2.75, 3.05) is 7.11 Å². The molecule has 0 saturated carbocycles. The summed E-state index contributed by atoms with van der Waals surface area (Å²) in [6, 6.07) is 0. The van der Waals surface area contributed by atoms with Gasteiger partial charge in [0, 0.05) is 18.0 Å². The molecule has 0 saturated heterocycles. The number of fused-ring (bicyclic) bond motifs is 1. The van der Waals surface area contributed by atoms with Crippen LogP contribution >= 0.6 is 0 Å². The highest BCUT2D eigenvalue weighted by Crippen LogP contribution is 2.36. The fraction of sp³-hybridized carbons (Fsp3) is 0.462. The Kier molecular flexibility index (Phi) is 2.41. The first-order valence-corrected chi connectivity index (χ1v) is 5.46. The van der Waals surface area contributed by atoms with Crippen LogP contribution in [0.4, 0.5) is 0 Å². The molecular formula is C13H18N2O. The molecule has 0 fully saturated rings. The number of aryl methyl sites for hydroxylation is 1. The van der Waals surface area contributed by atoms with E-state index in [2.05, 4.69) is 30.7 Å². The van der Waals surface area contributed by atoms with Crippen LogP contribution in [0.1, 0.15) is 31.9 Å². The molecule has 2 aromatic heterocycles. The maximum absolute atomic E-state index is 5.49. The van der Waals surface area contributed by atoms with Crippen LogP contribution < -0.4 is 4.74 Å². The first kappa shape index (κ1) is 11.0. The molecule has 0 radical (unpaired) electrons. The molecule has 2 rings (SSSR count). The maximum atomic E-state index is 5.49. The number of rotatable bonds is 1. The smallest absolute Gasteiger partial charge is 0.141 e. The van der Waals surface area contributed by atoms with Gasteiger partial charge in [0.1, 0.15) is 11.4 Å². The Hall–Kier alpha value is -1.51. The molecule has 0 spiro atoms. The third-order valence-corrected chi connectivity index (χ3v) is 2.84. The van der Waals surface area contributed by atoms with E-state index < -0.39 is 0 Å². The van der Waals surface area contributed by atoms with Gasteiger partial charge in [0.05, 0.1) is 12.5 Å². The lowest BCUT2D eigenvalue weighted by atomic mass is 9.87. The lowest BCUT2D eigenvalue weighted by Crippen LogP contribution is -2.10. The maximum Gasteiger partial charge on any atom is 0.141 e. The summed E-state index contributed by atoms with van der Waals surface area (Å²) >= 11 is 0. The average Bonchev–Trinajstić information content (AvgIpc) is 2.60. The average molecular weight is 218 g/mol. The summed E-state index contributed by atoms with van der Waals surface area (Å²) in [7, 11) is 1.71. The van der Waals surface area contributed by atoms with Gasteiger partial charge in [0.25, 0.3) is 0 Å². The molecule has 0 aliphatic heterocycles. The number of H-pyrrole nitrogens is 1. The Bertz CT molecular complexity index is 520. The third-order valence-electron chi connectivity index (χ3n) is 2.84. The molecule has 0 atom stereocenters. The molecule has 1 N–H and O–H groups in total. The summed E-state index contributed by atoms with van der Waals surface area (Å²) in [5, 5.41) is 1.11. The van der Waals surface area contributed by atoms with E-state index in [0.29, 0.717) is 0 Å². The Labute approximate surface area is 95.8 Å². The molecule has 3 heteroatoms. The highest BCUT2D eigenvalue weighted by molar-refractivity contribution is 5.88. The van der Waals surface area contributed by atoms with E-state index in [-0.39, 0.29) is 5.41 Å². The minimum absolute atomic E-state index is 0.0843. The van der Waals surface area contributed by atoms with Gasteiger partial charge in [-0.3, -0.25) is 0 Å². The van der Waals surface area contributed by atoms with Crippen molar-refractivity contribution in [3.05, 3.63) is 23.5 Å². The zero-order valence-electron chi connectivity index (χ0n) is 10.5. The number of nitrogens with zero attached hydrogens (tertiary/aromatic N) is 1. The van der Waals surface area contributed by atoms with Crippen molar-refractivity contribution < 1.29 is 4.74 Å². The predicted octanol–water partition coefficient (Wildman–Crippen LogP) is 3.18. The summed E-state index contributed by atoms with van der Waals surface area (Å²) in [6.07, 6.45) is 3.86. The lowest BCUT2D eigenvalue weighted by Gasteiger charge is -2.18. The third kappa shape index (κ3) is 1.56. The lowest BCUT2D eigenvalue weighted by molar-refractivity contribution is 0.415. The fourth-order valence-corrected chi connectivity index (χ4v) is 2.02. The molecular weight excluding hydrogens is 200 g/mol. The summed E-state index contributed by atoms with van der Waals surface area (Å²) in [6.45, 7) is 8.59. The molecule has 0 unspecified atom stereocenters. The van der Waals surface area contributed by atoms with Gasteiger partial charge in [-0.25, -0.2) is 4.98 Å². The molecule has 0 amide bonds. The Balaban J connectivity index is 2.83. The molecule has 2 aromatic rings. The van der Waals surface area contributed by atoms with Gasteiger partial charge >= 0.3 is 0 Å².